The predicted molar refractivity (Wildman–Crippen MR) is 74.6 cm³/mol. The number of benzene rings is 1. The number of aromatic nitrogens is 1. The zero-order valence-corrected chi connectivity index (χ0v) is 10.8. The van der Waals surface area contributed by atoms with Crippen LogP contribution < -0.4 is 0 Å². The van der Waals surface area contributed by atoms with Gasteiger partial charge in [-0.1, -0.05) is 30.3 Å². The largest absolute Gasteiger partial charge is 0.259 e. The first-order chi connectivity index (χ1) is 8.90. The van der Waals surface area contributed by atoms with Gasteiger partial charge in [0.05, 0.1) is 6.21 Å². The maximum absolute atomic E-state index is 4.49. The lowest BCUT2D eigenvalue weighted by atomic mass is 10.00. The molecule has 0 fully saturated rings. The van der Waals surface area contributed by atoms with Gasteiger partial charge < -0.3 is 0 Å². The summed E-state index contributed by atoms with van der Waals surface area (Å²) in [7, 11) is 0. The van der Waals surface area contributed by atoms with E-state index < -0.39 is 0 Å². The summed E-state index contributed by atoms with van der Waals surface area (Å²) in [6.45, 7) is 1.99. The Kier molecular flexibility index (Phi) is 2.94. The summed E-state index contributed by atoms with van der Waals surface area (Å²) in [5, 5.41) is 9.52. The van der Waals surface area contributed by atoms with Crippen LogP contribution in [-0.4, -0.2) is 16.2 Å². The molecule has 1 aromatic heterocycles. The van der Waals surface area contributed by atoms with Crippen molar-refractivity contribution >= 4 is 17.6 Å². The van der Waals surface area contributed by atoms with Crippen molar-refractivity contribution in [2.45, 2.75) is 13.0 Å². The van der Waals surface area contributed by atoms with Crippen molar-refractivity contribution in [1.29, 1.82) is 0 Å². The second-order valence-electron chi connectivity index (χ2n) is 4.01. The molecule has 1 aromatic carbocycles. The highest BCUT2D eigenvalue weighted by Gasteiger charge is 2.26. The molecule has 2 heterocycles. The van der Waals surface area contributed by atoms with E-state index in [4.69, 9.17) is 0 Å². The number of hydrogen-bond acceptors (Lipinski definition) is 4. The third-order valence-corrected chi connectivity index (χ3v) is 3.70. The first-order valence-electron chi connectivity index (χ1n) is 5.83. The van der Waals surface area contributed by atoms with E-state index in [1.165, 1.54) is 11.1 Å². The van der Waals surface area contributed by atoms with Crippen molar-refractivity contribution in [1.82, 2.24) is 9.99 Å². The molecule has 1 unspecified atom stereocenters. The van der Waals surface area contributed by atoms with Crippen LogP contribution in [0.2, 0.25) is 0 Å². The van der Waals surface area contributed by atoms with E-state index in [-0.39, 0.29) is 6.04 Å². The Hall–Kier alpha value is -1.94. The number of rotatable bonds is 2. The van der Waals surface area contributed by atoms with E-state index in [9.17, 15) is 0 Å². The smallest absolute Gasteiger partial charge is 0.129 e. The van der Waals surface area contributed by atoms with E-state index in [0.717, 1.165) is 5.01 Å². The molecule has 2 aromatic rings. The fraction of sp³-hybridized carbons (Fsp3) is 0.143. The standard InChI is InChI=1S/C14H13N3S/c1-2-8-17-13(14-15-7-9-18-14)12-6-4-3-5-11(12)10-16-17/h2-10,13H,1H3. The van der Waals surface area contributed by atoms with Crippen LogP contribution in [0.5, 0.6) is 0 Å². The minimum atomic E-state index is 0.0856. The molecular formula is C14H13N3S. The fourth-order valence-electron chi connectivity index (χ4n) is 2.11. The van der Waals surface area contributed by atoms with Crippen LogP contribution in [0.3, 0.4) is 0 Å². The fourth-order valence-corrected chi connectivity index (χ4v) is 2.86. The topological polar surface area (TPSA) is 28.5 Å². The van der Waals surface area contributed by atoms with Crippen molar-refractivity contribution < 1.29 is 0 Å². The molecule has 0 bridgehead atoms. The molecule has 0 N–H and O–H groups in total. The summed E-state index contributed by atoms with van der Waals surface area (Å²) in [4.78, 5) is 4.44. The minimum Gasteiger partial charge on any atom is -0.259 e. The maximum atomic E-state index is 4.49. The lowest BCUT2D eigenvalue weighted by Gasteiger charge is -2.29. The van der Waals surface area contributed by atoms with E-state index in [1.807, 2.05) is 48.1 Å². The van der Waals surface area contributed by atoms with E-state index in [2.05, 4.69) is 28.3 Å². The highest BCUT2D eigenvalue weighted by Crippen LogP contribution is 2.34. The summed E-state index contributed by atoms with van der Waals surface area (Å²) in [6, 6.07) is 8.42. The number of fused-ring (bicyclic) bond motifs is 1. The van der Waals surface area contributed by atoms with Crippen molar-refractivity contribution in [2.24, 2.45) is 5.10 Å². The third kappa shape index (κ3) is 1.84. The molecule has 0 aliphatic carbocycles. The van der Waals surface area contributed by atoms with Crippen molar-refractivity contribution in [3.8, 4) is 0 Å². The first kappa shape index (κ1) is 11.2. The summed E-state index contributed by atoms with van der Waals surface area (Å²) in [5.41, 5.74) is 2.42. The molecule has 4 heteroatoms. The van der Waals surface area contributed by atoms with Crippen LogP contribution >= 0.6 is 11.3 Å². The molecule has 1 atom stereocenters. The summed E-state index contributed by atoms with van der Waals surface area (Å²) < 4.78 is 0. The van der Waals surface area contributed by atoms with Gasteiger partial charge in [0, 0.05) is 23.3 Å². The van der Waals surface area contributed by atoms with Crippen molar-refractivity contribution in [3.05, 3.63) is 64.3 Å². The molecule has 0 saturated carbocycles. The maximum Gasteiger partial charge on any atom is 0.129 e. The third-order valence-electron chi connectivity index (χ3n) is 2.87. The first-order valence-corrected chi connectivity index (χ1v) is 6.71. The zero-order valence-electron chi connectivity index (χ0n) is 10.0. The number of hydrazone groups is 1. The second kappa shape index (κ2) is 4.74. The van der Waals surface area contributed by atoms with Gasteiger partial charge in [0.2, 0.25) is 0 Å². The average molecular weight is 255 g/mol. The van der Waals surface area contributed by atoms with Gasteiger partial charge in [-0.15, -0.1) is 11.3 Å². The highest BCUT2D eigenvalue weighted by molar-refractivity contribution is 7.09. The van der Waals surface area contributed by atoms with E-state index in [0.29, 0.717) is 0 Å². The molecule has 18 heavy (non-hydrogen) atoms. The highest BCUT2D eigenvalue weighted by atomic mass is 32.1. The quantitative estimate of drug-likeness (QED) is 0.822. The Morgan fingerprint density at radius 1 is 1.33 bits per heavy atom. The molecule has 1 aliphatic rings. The molecule has 1 aliphatic heterocycles. The van der Waals surface area contributed by atoms with Gasteiger partial charge in [-0.25, -0.2) is 4.98 Å². The van der Waals surface area contributed by atoms with Gasteiger partial charge >= 0.3 is 0 Å². The average Bonchev–Trinajstić information content (AvgIpc) is 2.92. The van der Waals surface area contributed by atoms with Gasteiger partial charge in [0.1, 0.15) is 11.0 Å². The van der Waals surface area contributed by atoms with E-state index in [1.54, 1.807) is 11.3 Å². The van der Waals surface area contributed by atoms with Crippen LogP contribution in [0.1, 0.15) is 29.1 Å². The summed E-state index contributed by atoms with van der Waals surface area (Å²) >= 11 is 1.66. The summed E-state index contributed by atoms with van der Waals surface area (Å²) in [5.74, 6) is 0. The monoisotopic (exact) mass is 255 g/mol. The molecule has 0 saturated heterocycles. The van der Waals surface area contributed by atoms with Crippen molar-refractivity contribution in [2.75, 3.05) is 0 Å². The Labute approximate surface area is 110 Å². The van der Waals surface area contributed by atoms with Gasteiger partial charge in [0.15, 0.2) is 0 Å². The molecule has 0 amide bonds. The molecule has 3 nitrogen and oxygen atoms in total. The number of nitrogens with zero attached hydrogens (tertiary/aromatic N) is 3. The Morgan fingerprint density at radius 2 is 2.22 bits per heavy atom. The SMILES string of the molecule is CC=CN1N=Cc2ccccc2C1c1nccs1. The van der Waals surface area contributed by atoms with Crippen molar-refractivity contribution in [3.63, 3.8) is 0 Å². The van der Waals surface area contributed by atoms with Crippen LogP contribution in [0.15, 0.2) is 53.2 Å². The summed E-state index contributed by atoms with van der Waals surface area (Å²) in [6.07, 6.45) is 7.72. The Morgan fingerprint density at radius 3 is 3.00 bits per heavy atom. The van der Waals surface area contributed by atoms with Gasteiger partial charge in [-0.2, -0.15) is 5.10 Å². The second-order valence-corrected chi connectivity index (χ2v) is 4.93. The zero-order chi connectivity index (χ0) is 12.4. The van der Waals surface area contributed by atoms with Gasteiger partial charge in [0.25, 0.3) is 0 Å². The molecule has 3 rings (SSSR count). The molecule has 0 spiro atoms. The molecular weight excluding hydrogens is 242 g/mol. The minimum absolute atomic E-state index is 0.0856. The predicted octanol–water partition coefficient (Wildman–Crippen LogP) is 3.42. The normalized spacial score (nSPS) is 18.3. The molecule has 90 valence electrons. The number of allylic oxidation sites excluding steroid dienone is 1. The Bertz CT molecular complexity index is 587. The number of thiazole rings is 1. The lowest BCUT2D eigenvalue weighted by molar-refractivity contribution is 0.329. The van der Waals surface area contributed by atoms with Crippen LogP contribution in [0.25, 0.3) is 0 Å². The Balaban J connectivity index is 2.13. The number of hydrogen-bond donors (Lipinski definition) is 0. The lowest BCUT2D eigenvalue weighted by Crippen LogP contribution is -2.24. The van der Waals surface area contributed by atoms with E-state index >= 15 is 0 Å². The van der Waals surface area contributed by atoms with Gasteiger partial charge in [-0.3, -0.25) is 5.01 Å². The molecule has 0 radical (unpaired) electrons. The van der Waals surface area contributed by atoms with Crippen LogP contribution in [0, 0.1) is 0 Å². The van der Waals surface area contributed by atoms with Gasteiger partial charge in [-0.05, 0) is 12.5 Å². The van der Waals surface area contributed by atoms with Crippen LogP contribution in [0.4, 0.5) is 0 Å². The van der Waals surface area contributed by atoms with Crippen LogP contribution in [-0.2, 0) is 0 Å².